The van der Waals surface area contributed by atoms with Gasteiger partial charge in [-0.1, -0.05) is 6.07 Å². The van der Waals surface area contributed by atoms with E-state index in [1.165, 1.54) is 5.69 Å². The largest absolute Gasteiger partial charge is 0.493 e. The first kappa shape index (κ1) is 21.4. The summed E-state index contributed by atoms with van der Waals surface area (Å²) in [6.45, 7) is 2.54. The average molecular weight is 444 g/mol. The normalized spacial score (nSPS) is 13.0. The van der Waals surface area contributed by atoms with Crippen LogP contribution in [0.15, 0.2) is 48.8 Å². The molecule has 0 aliphatic carbocycles. The molecule has 5 rings (SSSR count). The topological polar surface area (TPSA) is 65.3 Å². The summed E-state index contributed by atoms with van der Waals surface area (Å²) >= 11 is 0. The van der Waals surface area contributed by atoms with E-state index in [1.54, 1.807) is 7.11 Å². The summed E-state index contributed by atoms with van der Waals surface area (Å²) in [7, 11) is 5.81. The van der Waals surface area contributed by atoms with Crippen LogP contribution in [0, 0.1) is 0 Å². The summed E-state index contributed by atoms with van der Waals surface area (Å²) in [5, 5.41) is 5.97. The maximum absolute atomic E-state index is 6.07. The van der Waals surface area contributed by atoms with Crippen LogP contribution in [0.3, 0.4) is 0 Å². The zero-order chi connectivity index (χ0) is 22.8. The Hall–Kier alpha value is -3.45. The van der Waals surface area contributed by atoms with Crippen LogP contribution in [0.1, 0.15) is 18.5 Å². The van der Waals surface area contributed by atoms with Crippen molar-refractivity contribution in [3.63, 3.8) is 0 Å². The molecule has 0 unspecified atom stereocenters. The van der Waals surface area contributed by atoms with Crippen molar-refractivity contribution in [1.29, 1.82) is 0 Å². The number of aromatic nitrogens is 4. The summed E-state index contributed by atoms with van der Waals surface area (Å²) in [6.07, 6.45) is 6.73. The van der Waals surface area contributed by atoms with Crippen LogP contribution in [-0.4, -0.2) is 59.0 Å². The first-order valence-electron chi connectivity index (χ1n) is 11.4. The number of pyridine rings is 2. The van der Waals surface area contributed by atoms with Gasteiger partial charge in [0.2, 0.25) is 0 Å². The lowest BCUT2D eigenvalue weighted by Crippen LogP contribution is -2.15. The van der Waals surface area contributed by atoms with Gasteiger partial charge in [0, 0.05) is 48.2 Å². The number of ether oxygens (including phenoxy) is 2. The standard InChI is InChI=1S/C26H29N5O2/c1-30(2)13-7-15-33-24-17-21-19(16-23(24)32-3)18(10-12-28-21)25-22-9-6-14-31(22)29-26(25)20-8-4-5-11-27-20/h4-5,8,10-12,16-17H,6-7,9,13-15H2,1-3H3. The number of rotatable bonds is 8. The van der Waals surface area contributed by atoms with E-state index in [0.29, 0.717) is 12.4 Å². The Kier molecular flexibility index (Phi) is 5.96. The van der Waals surface area contributed by atoms with E-state index in [4.69, 9.17) is 14.6 Å². The van der Waals surface area contributed by atoms with Crippen LogP contribution >= 0.6 is 0 Å². The number of nitrogens with zero attached hydrogens (tertiary/aromatic N) is 5. The minimum Gasteiger partial charge on any atom is -0.493 e. The zero-order valence-electron chi connectivity index (χ0n) is 19.4. The molecule has 170 valence electrons. The highest BCUT2D eigenvalue weighted by molar-refractivity contribution is 6.00. The van der Waals surface area contributed by atoms with Crippen molar-refractivity contribution in [2.24, 2.45) is 0 Å². The fourth-order valence-corrected chi connectivity index (χ4v) is 4.50. The molecule has 0 fully saturated rings. The third kappa shape index (κ3) is 4.16. The van der Waals surface area contributed by atoms with E-state index >= 15 is 0 Å². The van der Waals surface area contributed by atoms with Crippen molar-refractivity contribution >= 4 is 10.9 Å². The molecule has 0 N–H and O–H groups in total. The van der Waals surface area contributed by atoms with Gasteiger partial charge >= 0.3 is 0 Å². The number of aryl methyl sites for hydroxylation is 1. The number of hydrogen-bond donors (Lipinski definition) is 0. The maximum Gasteiger partial charge on any atom is 0.163 e. The molecule has 0 radical (unpaired) electrons. The highest BCUT2D eigenvalue weighted by Gasteiger charge is 2.26. The van der Waals surface area contributed by atoms with E-state index in [2.05, 4.69) is 39.7 Å². The van der Waals surface area contributed by atoms with Crippen LogP contribution in [0.25, 0.3) is 33.4 Å². The van der Waals surface area contributed by atoms with Crippen molar-refractivity contribution in [2.75, 3.05) is 34.4 Å². The molecule has 0 saturated carbocycles. The van der Waals surface area contributed by atoms with Gasteiger partial charge < -0.3 is 14.4 Å². The average Bonchev–Trinajstić information content (AvgIpc) is 3.43. The quantitative estimate of drug-likeness (QED) is 0.375. The van der Waals surface area contributed by atoms with Gasteiger partial charge in [-0.05, 0) is 63.2 Å². The van der Waals surface area contributed by atoms with Crippen LogP contribution in [-0.2, 0) is 13.0 Å². The third-order valence-corrected chi connectivity index (χ3v) is 6.05. The molecule has 7 nitrogen and oxygen atoms in total. The van der Waals surface area contributed by atoms with E-state index < -0.39 is 0 Å². The highest BCUT2D eigenvalue weighted by atomic mass is 16.5. The second-order valence-corrected chi connectivity index (χ2v) is 8.60. The minimum atomic E-state index is 0.625. The van der Waals surface area contributed by atoms with Crippen LogP contribution < -0.4 is 9.47 Å². The zero-order valence-corrected chi connectivity index (χ0v) is 19.4. The van der Waals surface area contributed by atoms with Gasteiger partial charge in [0.15, 0.2) is 11.5 Å². The molecule has 4 heterocycles. The molecule has 0 amide bonds. The monoisotopic (exact) mass is 443 g/mol. The molecule has 0 spiro atoms. The molecule has 3 aromatic heterocycles. The second-order valence-electron chi connectivity index (χ2n) is 8.60. The summed E-state index contributed by atoms with van der Waals surface area (Å²) in [5.74, 6) is 1.43. The lowest BCUT2D eigenvalue weighted by atomic mass is 9.96. The van der Waals surface area contributed by atoms with Crippen LogP contribution in [0.5, 0.6) is 11.5 Å². The molecule has 7 heteroatoms. The Morgan fingerprint density at radius 2 is 1.97 bits per heavy atom. The van der Waals surface area contributed by atoms with Gasteiger partial charge in [0.1, 0.15) is 5.69 Å². The smallest absolute Gasteiger partial charge is 0.163 e. The van der Waals surface area contributed by atoms with E-state index in [0.717, 1.165) is 71.5 Å². The van der Waals surface area contributed by atoms with E-state index in [-0.39, 0.29) is 0 Å². The fraction of sp³-hybridized carbons (Fsp3) is 0.346. The number of methoxy groups -OCH3 is 1. The van der Waals surface area contributed by atoms with Crippen molar-refractivity contribution in [1.82, 2.24) is 24.6 Å². The molecule has 0 atom stereocenters. The van der Waals surface area contributed by atoms with Crippen molar-refractivity contribution < 1.29 is 9.47 Å². The Morgan fingerprint density at radius 1 is 1.06 bits per heavy atom. The van der Waals surface area contributed by atoms with Crippen molar-refractivity contribution in [3.8, 4) is 34.0 Å². The summed E-state index contributed by atoms with van der Waals surface area (Å²) < 4.78 is 13.9. The Bertz CT molecular complexity index is 1270. The fourth-order valence-electron chi connectivity index (χ4n) is 4.50. The molecule has 1 aliphatic heterocycles. The number of benzene rings is 1. The first-order valence-corrected chi connectivity index (χ1v) is 11.4. The molecule has 0 bridgehead atoms. The Morgan fingerprint density at radius 3 is 2.76 bits per heavy atom. The maximum atomic E-state index is 6.07. The molecule has 33 heavy (non-hydrogen) atoms. The van der Waals surface area contributed by atoms with Gasteiger partial charge in [-0.15, -0.1) is 0 Å². The van der Waals surface area contributed by atoms with E-state index in [9.17, 15) is 0 Å². The van der Waals surface area contributed by atoms with Gasteiger partial charge in [-0.3, -0.25) is 14.6 Å². The minimum absolute atomic E-state index is 0.625. The predicted octanol–water partition coefficient (Wildman–Crippen LogP) is 4.45. The molecule has 1 aliphatic rings. The summed E-state index contributed by atoms with van der Waals surface area (Å²) in [4.78, 5) is 11.4. The van der Waals surface area contributed by atoms with Crippen LogP contribution in [0.4, 0.5) is 0 Å². The van der Waals surface area contributed by atoms with Crippen molar-refractivity contribution in [3.05, 3.63) is 54.5 Å². The van der Waals surface area contributed by atoms with E-state index in [1.807, 2.05) is 42.7 Å². The molecule has 1 aromatic carbocycles. The summed E-state index contributed by atoms with van der Waals surface area (Å²) in [5.41, 5.74) is 6.17. The second kappa shape index (κ2) is 9.19. The van der Waals surface area contributed by atoms with Crippen molar-refractivity contribution in [2.45, 2.75) is 25.8 Å². The third-order valence-electron chi connectivity index (χ3n) is 6.05. The number of fused-ring (bicyclic) bond motifs is 2. The molecular formula is C26H29N5O2. The van der Waals surface area contributed by atoms with Crippen LogP contribution in [0.2, 0.25) is 0 Å². The summed E-state index contributed by atoms with van der Waals surface area (Å²) in [6, 6.07) is 12.1. The Labute approximate surface area is 194 Å². The van der Waals surface area contributed by atoms with Gasteiger partial charge in [-0.25, -0.2) is 0 Å². The predicted molar refractivity (Wildman–Crippen MR) is 130 cm³/mol. The first-order chi connectivity index (χ1) is 16.2. The van der Waals surface area contributed by atoms with Gasteiger partial charge in [0.05, 0.1) is 24.9 Å². The van der Waals surface area contributed by atoms with Gasteiger partial charge in [-0.2, -0.15) is 5.10 Å². The number of hydrogen-bond acceptors (Lipinski definition) is 6. The lowest BCUT2D eigenvalue weighted by molar-refractivity contribution is 0.268. The Balaban J connectivity index is 1.60. The highest BCUT2D eigenvalue weighted by Crippen LogP contribution is 2.42. The molecule has 4 aromatic rings. The molecular weight excluding hydrogens is 414 g/mol. The lowest BCUT2D eigenvalue weighted by Gasteiger charge is -2.15. The molecule has 0 saturated heterocycles. The SMILES string of the molecule is COc1cc2c(-c3c(-c4ccccn4)nn4c3CCC4)ccnc2cc1OCCCN(C)C. The van der Waals surface area contributed by atoms with Gasteiger partial charge in [0.25, 0.3) is 0 Å².